The summed E-state index contributed by atoms with van der Waals surface area (Å²) in [6.07, 6.45) is 3.45. The highest BCUT2D eigenvalue weighted by atomic mass is 35.5. The van der Waals surface area contributed by atoms with Crippen molar-refractivity contribution in [3.63, 3.8) is 0 Å². The molecule has 1 fully saturated rings. The van der Waals surface area contributed by atoms with Gasteiger partial charge >= 0.3 is 5.97 Å². The first-order valence-corrected chi connectivity index (χ1v) is 6.72. The lowest BCUT2D eigenvalue weighted by Gasteiger charge is -2.19. The Labute approximate surface area is 122 Å². The number of rotatable bonds is 3. The van der Waals surface area contributed by atoms with Gasteiger partial charge in [-0.3, -0.25) is 4.79 Å². The molecular formula is C14H18ClNO4. The van der Waals surface area contributed by atoms with Gasteiger partial charge in [0.2, 0.25) is 0 Å². The highest BCUT2D eigenvalue weighted by Crippen LogP contribution is 2.17. The zero-order valence-corrected chi connectivity index (χ0v) is 11.8. The summed E-state index contributed by atoms with van der Waals surface area (Å²) >= 11 is 5.64. The van der Waals surface area contributed by atoms with Gasteiger partial charge in [-0.25, -0.2) is 0 Å². The third-order valence-corrected chi connectivity index (χ3v) is 3.09. The summed E-state index contributed by atoms with van der Waals surface area (Å²) in [5, 5.41) is 20.1. The molecular weight excluding hydrogens is 282 g/mol. The fraction of sp³-hybridized carbons (Fsp3) is 0.429. The fourth-order valence-corrected chi connectivity index (χ4v) is 2.05. The van der Waals surface area contributed by atoms with Crippen molar-refractivity contribution in [2.75, 3.05) is 13.2 Å². The summed E-state index contributed by atoms with van der Waals surface area (Å²) < 4.78 is 5.09. The molecule has 5 nitrogen and oxygen atoms in total. The van der Waals surface area contributed by atoms with Gasteiger partial charge in [0.15, 0.2) is 0 Å². The standard InChI is InChI=1S/C7H6ClNO.C7H12O3/c8-7-3-1-2-6(4-7)5-9-10;8-7(9)5-6-1-3-10-4-2-6/h1-5,10H;6H,1-5H2,(H,8,9). The number of hydrogen-bond acceptors (Lipinski definition) is 4. The van der Waals surface area contributed by atoms with Crippen molar-refractivity contribution >= 4 is 23.8 Å². The van der Waals surface area contributed by atoms with Crippen LogP contribution in [-0.2, 0) is 9.53 Å². The Morgan fingerprint density at radius 1 is 1.45 bits per heavy atom. The topological polar surface area (TPSA) is 79.1 Å². The third kappa shape index (κ3) is 7.11. The van der Waals surface area contributed by atoms with E-state index in [0.717, 1.165) is 31.6 Å². The molecule has 0 atom stereocenters. The van der Waals surface area contributed by atoms with Crippen LogP contribution in [0, 0.1) is 5.92 Å². The first-order valence-electron chi connectivity index (χ1n) is 6.34. The van der Waals surface area contributed by atoms with E-state index < -0.39 is 5.97 Å². The number of aliphatic carboxylic acids is 1. The number of oxime groups is 1. The summed E-state index contributed by atoms with van der Waals surface area (Å²) in [5.41, 5.74) is 0.787. The highest BCUT2D eigenvalue weighted by molar-refractivity contribution is 6.30. The Morgan fingerprint density at radius 2 is 2.15 bits per heavy atom. The summed E-state index contributed by atoms with van der Waals surface area (Å²) in [7, 11) is 0. The minimum atomic E-state index is -0.688. The van der Waals surface area contributed by atoms with Crippen molar-refractivity contribution < 1.29 is 19.8 Å². The van der Waals surface area contributed by atoms with Crippen LogP contribution in [-0.4, -0.2) is 35.7 Å². The van der Waals surface area contributed by atoms with Gasteiger partial charge in [0.25, 0.3) is 0 Å². The Kier molecular flexibility index (Phi) is 7.69. The van der Waals surface area contributed by atoms with E-state index in [1.807, 2.05) is 0 Å². The van der Waals surface area contributed by atoms with E-state index in [0.29, 0.717) is 17.4 Å². The second-order valence-electron chi connectivity index (χ2n) is 4.45. The van der Waals surface area contributed by atoms with Gasteiger partial charge in [-0.2, -0.15) is 0 Å². The molecule has 6 heteroatoms. The van der Waals surface area contributed by atoms with Gasteiger partial charge < -0.3 is 15.1 Å². The molecule has 0 radical (unpaired) electrons. The van der Waals surface area contributed by atoms with E-state index in [-0.39, 0.29) is 0 Å². The second kappa shape index (κ2) is 9.34. The molecule has 1 aromatic carbocycles. The summed E-state index contributed by atoms with van der Waals surface area (Å²) in [5.74, 6) is -0.335. The summed E-state index contributed by atoms with van der Waals surface area (Å²) in [4.78, 5) is 10.2. The molecule has 0 unspecified atom stereocenters. The summed E-state index contributed by atoms with van der Waals surface area (Å²) in [6, 6.07) is 7.06. The molecule has 0 aliphatic carbocycles. The van der Waals surface area contributed by atoms with E-state index in [1.54, 1.807) is 24.3 Å². The predicted octanol–water partition coefficient (Wildman–Crippen LogP) is 3.04. The average Bonchev–Trinajstić information content (AvgIpc) is 2.40. The molecule has 0 spiro atoms. The van der Waals surface area contributed by atoms with Crippen molar-refractivity contribution in [1.29, 1.82) is 0 Å². The molecule has 1 aliphatic rings. The third-order valence-electron chi connectivity index (χ3n) is 2.86. The van der Waals surface area contributed by atoms with Crippen molar-refractivity contribution in [3.8, 4) is 0 Å². The molecule has 0 amide bonds. The van der Waals surface area contributed by atoms with Crippen LogP contribution in [0.15, 0.2) is 29.4 Å². The first-order chi connectivity index (χ1) is 9.61. The Bertz CT molecular complexity index is 445. The maximum absolute atomic E-state index is 10.2. The Morgan fingerprint density at radius 3 is 2.70 bits per heavy atom. The molecule has 0 saturated carbocycles. The maximum Gasteiger partial charge on any atom is 0.303 e. The van der Waals surface area contributed by atoms with Crippen LogP contribution in [0.3, 0.4) is 0 Å². The predicted molar refractivity (Wildman–Crippen MR) is 76.6 cm³/mol. The van der Waals surface area contributed by atoms with E-state index in [2.05, 4.69) is 5.16 Å². The molecule has 0 bridgehead atoms. The number of hydrogen-bond donors (Lipinski definition) is 2. The van der Waals surface area contributed by atoms with Crippen LogP contribution in [0.1, 0.15) is 24.8 Å². The largest absolute Gasteiger partial charge is 0.481 e. The number of halogens is 1. The zero-order valence-electron chi connectivity index (χ0n) is 11.0. The second-order valence-corrected chi connectivity index (χ2v) is 4.89. The van der Waals surface area contributed by atoms with Crippen molar-refractivity contribution in [2.24, 2.45) is 11.1 Å². The first kappa shape index (κ1) is 16.5. The van der Waals surface area contributed by atoms with Gasteiger partial charge in [-0.1, -0.05) is 28.9 Å². The lowest BCUT2D eigenvalue weighted by atomic mass is 9.97. The van der Waals surface area contributed by atoms with Crippen LogP contribution in [0.4, 0.5) is 0 Å². The van der Waals surface area contributed by atoms with Gasteiger partial charge in [0.1, 0.15) is 0 Å². The number of benzene rings is 1. The van der Waals surface area contributed by atoms with E-state index in [4.69, 9.17) is 26.7 Å². The van der Waals surface area contributed by atoms with Gasteiger partial charge in [-0.05, 0) is 36.5 Å². The van der Waals surface area contributed by atoms with E-state index in [9.17, 15) is 4.79 Å². The Hall–Kier alpha value is -1.59. The average molecular weight is 300 g/mol. The van der Waals surface area contributed by atoms with Crippen LogP contribution in [0.25, 0.3) is 0 Å². The SMILES string of the molecule is O=C(O)CC1CCOCC1.ON=Cc1cccc(Cl)c1. The number of ether oxygens (including phenoxy) is 1. The monoisotopic (exact) mass is 299 g/mol. The van der Waals surface area contributed by atoms with Crippen molar-refractivity contribution in [2.45, 2.75) is 19.3 Å². The van der Waals surface area contributed by atoms with Gasteiger partial charge in [0, 0.05) is 24.7 Å². The quantitative estimate of drug-likeness (QED) is 0.511. The molecule has 1 aliphatic heterocycles. The molecule has 20 heavy (non-hydrogen) atoms. The lowest BCUT2D eigenvalue weighted by Crippen LogP contribution is -2.18. The number of carbonyl (C=O) groups is 1. The molecule has 1 aromatic rings. The van der Waals surface area contributed by atoms with Crippen LogP contribution in [0.2, 0.25) is 5.02 Å². The minimum Gasteiger partial charge on any atom is -0.481 e. The van der Waals surface area contributed by atoms with Gasteiger partial charge in [0.05, 0.1) is 6.21 Å². The lowest BCUT2D eigenvalue weighted by molar-refractivity contribution is -0.138. The van der Waals surface area contributed by atoms with Crippen LogP contribution in [0.5, 0.6) is 0 Å². The molecule has 0 aromatic heterocycles. The molecule has 2 rings (SSSR count). The summed E-state index contributed by atoms with van der Waals surface area (Å²) in [6.45, 7) is 1.47. The smallest absolute Gasteiger partial charge is 0.303 e. The molecule has 1 heterocycles. The van der Waals surface area contributed by atoms with Crippen LogP contribution < -0.4 is 0 Å². The van der Waals surface area contributed by atoms with E-state index >= 15 is 0 Å². The van der Waals surface area contributed by atoms with Crippen molar-refractivity contribution in [1.82, 2.24) is 0 Å². The Balaban J connectivity index is 0.000000200. The molecule has 1 saturated heterocycles. The highest BCUT2D eigenvalue weighted by Gasteiger charge is 2.16. The maximum atomic E-state index is 10.2. The van der Waals surface area contributed by atoms with Crippen LogP contribution >= 0.6 is 11.6 Å². The minimum absolute atomic E-state index is 0.309. The normalized spacial score (nSPS) is 15.7. The molecule has 110 valence electrons. The van der Waals surface area contributed by atoms with Gasteiger partial charge in [-0.15, -0.1) is 0 Å². The van der Waals surface area contributed by atoms with Crippen molar-refractivity contribution in [3.05, 3.63) is 34.9 Å². The number of carboxylic acids is 1. The molecule has 2 N–H and O–H groups in total. The zero-order chi connectivity index (χ0) is 14.8. The number of nitrogens with zero attached hydrogens (tertiary/aromatic N) is 1. The van der Waals surface area contributed by atoms with E-state index in [1.165, 1.54) is 6.21 Å². The fourth-order valence-electron chi connectivity index (χ4n) is 1.85. The number of carboxylic acid groups (broad SMARTS) is 1.